The number of hydrogen-bond donors (Lipinski definition) is 0. The number of carbonyl (C=O) groups excluding carboxylic acids is 1. The number of esters is 1. The molecule has 4 heteroatoms. The maximum Gasteiger partial charge on any atom is 0.345 e. The molecule has 0 aromatic heterocycles. The van der Waals surface area contributed by atoms with E-state index in [4.69, 9.17) is 0 Å². The van der Waals surface area contributed by atoms with Crippen molar-refractivity contribution in [1.29, 1.82) is 0 Å². The SMILES string of the molecule is CCOC(=O)[C@H](F)c1cccc(F)c1. The van der Waals surface area contributed by atoms with Gasteiger partial charge in [0.1, 0.15) is 5.82 Å². The van der Waals surface area contributed by atoms with Crippen molar-refractivity contribution in [3.8, 4) is 0 Å². The molecule has 0 N–H and O–H groups in total. The molecule has 1 aromatic carbocycles. The summed E-state index contributed by atoms with van der Waals surface area (Å²) >= 11 is 0. The Hall–Kier alpha value is -1.45. The molecule has 1 aromatic rings. The zero-order chi connectivity index (χ0) is 10.6. The van der Waals surface area contributed by atoms with Crippen LogP contribution < -0.4 is 0 Å². The summed E-state index contributed by atoms with van der Waals surface area (Å²) in [7, 11) is 0. The monoisotopic (exact) mass is 200 g/mol. The molecule has 0 heterocycles. The van der Waals surface area contributed by atoms with Crippen LogP contribution in [-0.4, -0.2) is 12.6 Å². The summed E-state index contributed by atoms with van der Waals surface area (Å²) in [4.78, 5) is 10.9. The zero-order valence-electron chi connectivity index (χ0n) is 7.67. The fourth-order valence-corrected chi connectivity index (χ4v) is 1.02. The van der Waals surface area contributed by atoms with Crippen LogP contribution in [-0.2, 0) is 9.53 Å². The third kappa shape index (κ3) is 2.52. The molecule has 2 nitrogen and oxygen atoms in total. The van der Waals surface area contributed by atoms with Crippen LogP contribution >= 0.6 is 0 Å². The number of carbonyl (C=O) groups is 1. The second-order valence-corrected chi connectivity index (χ2v) is 2.67. The van der Waals surface area contributed by atoms with E-state index in [1.54, 1.807) is 6.92 Å². The maximum absolute atomic E-state index is 13.3. The molecule has 0 fully saturated rings. The first-order valence-corrected chi connectivity index (χ1v) is 4.21. The molecule has 14 heavy (non-hydrogen) atoms. The van der Waals surface area contributed by atoms with Crippen molar-refractivity contribution in [3.05, 3.63) is 35.6 Å². The number of hydrogen-bond acceptors (Lipinski definition) is 2. The van der Waals surface area contributed by atoms with Crippen LogP contribution in [0.2, 0.25) is 0 Å². The Bertz CT molecular complexity index is 326. The first-order valence-electron chi connectivity index (χ1n) is 4.21. The summed E-state index contributed by atoms with van der Waals surface area (Å²) in [6, 6.07) is 4.84. The van der Waals surface area contributed by atoms with Gasteiger partial charge in [-0.2, -0.15) is 0 Å². The molecule has 0 bridgehead atoms. The smallest absolute Gasteiger partial charge is 0.345 e. The summed E-state index contributed by atoms with van der Waals surface area (Å²) in [6.07, 6.45) is -1.91. The highest BCUT2D eigenvalue weighted by Crippen LogP contribution is 2.19. The largest absolute Gasteiger partial charge is 0.464 e. The molecule has 0 unspecified atom stereocenters. The Kier molecular flexibility index (Phi) is 3.56. The number of rotatable bonds is 3. The summed E-state index contributed by atoms with van der Waals surface area (Å²) in [5.41, 5.74) is -0.0246. The standard InChI is InChI=1S/C10H10F2O2/c1-2-14-10(13)9(12)7-4-3-5-8(11)6-7/h3-6,9H,2H2,1H3/t9-/m1/s1. The van der Waals surface area contributed by atoms with Crippen molar-refractivity contribution in [3.63, 3.8) is 0 Å². The molecule has 0 amide bonds. The summed E-state index contributed by atoms with van der Waals surface area (Å²) in [5, 5.41) is 0. The topological polar surface area (TPSA) is 26.3 Å². The van der Waals surface area contributed by atoms with Crippen LogP contribution in [0.3, 0.4) is 0 Å². The number of ether oxygens (including phenoxy) is 1. The minimum Gasteiger partial charge on any atom is -0.464 e. The Morgan fingerprint density at radius 2 is 2.29 bits per heavy atom. The lowest BCUT2D eigenvalue weighted by atomic mass is 10.1. The summed E-state index contributed by atoms with van der Waals surface area (Å²) < 4.78 is 30.4. The quantitative estimate of drug-likeness (QED) is 0.700. The Labute approximate surface area is 80.5 Å². The van der Waals surface area contributed by atoms with Crippen LogP contribution in [0.1, 0.15) is 18.7 Å². The molecular formula is C10H10F2O2. The molecular weight excluding hydrogens is 190 g/mol. The lowest BCUT2D eigenvalue weighted by Crippen LogP contribution is -2.11. The highest BCUT2D eigenvalue weighted by molar-refractivity contribution is 5.76. The highest BCUT2D eigenvalue weighted by atomic mass is 19.1. The zero-order valence-corrected chi connectivity index (χ0v) is 7.67. The minimum absolute atomic E-state index is 0.0246. The number of benzene rings is 1. The number of alkyl halides is 1. The van der Waals surface area contributed by atoms with E-state index in [1.165, 1.54) is 18.2 Å². The van der Waals surface area contributed by atoms with Crippen LogP contribution in [0.15, 0.2) is 24.3 Å². The van der Waals surface area contributed by atoms with Crippen LogP contribution in [0.25, 0.3) is 0 Å². The number of halogens is 2. The van der Waals surface area contributed by atoms with E-state index in [9.17, 15) is 13.6 Å². The average molecular weight is 200 g/mol. The third-order valence-corrected chi connectivity index (χ3v) is 1.63. The molecule has 0 radical (unpaired) electrons. The molecule has 0 saturated carbocycles. The Morgan fingerprint density at radius 3 is 2.86 bits per heavy atom. The molecule has 0 aliphatic heterocycles. The van der Waals surface area contributed by atoms with Gasteiger partial charge in [-0.25, -0.2) is 13.6 Å². The molecule has 1 atom stereocenters. The van der Waals surface area contributed by atoms with E-state index < -0.39 is 18.0 Å². The van der Waals surface area contributed by atoms with Gasteiger partial charge >= 0.3 is 5.97 Å². The normalized spacial score (nSPS) is 12.2. The van der Waals surface area contributed by atoms with Crippen molar-refractivity contribution in [2.75, 3.05) is 6.61 Å². The fourth-order valence-electron chi connectivity index (χ4n) is 1.02. The molecule has 0 aliphatic rings. The predicted molar refractivity (Wildman–Crippen MR) is 46.9 cm³/mol. The summed E-state index contributed by atoms with van der Waals surface area (Å²) in [5.74, 6) is -1.56. The van der Waals surface area contributed by atoms with Gasteiger partial charge in [0.15, 0.2) is 0 Å². The molecule has 0 aliphatic carbocycles. The van der Waals surface area contributed by atoms with Crippen molar-refractivity contribution in [2.24, 2.45) is 0 Å². The lowest BCUT2D eigenvalue weighted by molar-refractivity contribution is -0.149. The summed E-state index contributed by atoms with van der Waals surface area (Å²) in [6.45, 7) is 1.69. The van der Waals surface area contributed by atoms with Gasteiger partial charge in [0, 0.05) is 5.56 Å². The highest BCUT2D eigenvalue weighted by Gasteiger charge is 2.20. The van der Waals surface area contributed by atoms with Gasteiger partial charge in [-0.1, -0.05) is 12.1 Å². The Balaban J connectivity index is 2.78. The van der Waals surface area contributed by atoms with Crippen LogP contribution in [0.4, 0.5) is 8.78 Å². The van der Waals surface area contributed by atoms with E-state index in [0.29, 0.717) is 0 Å². The van der Waals surface area contributed by atoms with Gasteiger partial charge in [-0.15, -0.1) is 0 Å². The van der Waals surface area contributed by atoms with Gasteiger partial charge in [0.05, 0.1) is 6.61 Å². The van der Waals surface area contributed by atoms with E-state index >= 15 is 0 Å². The van der Waals surface area contributed by atoms with Gasteiger partial charge < -0.3 is 4.74 Å². The van der Waals surface area contributed by atoms with E-state index in [0.717, 1.165) is 6.07 Å². The molecule has 0 saturated heterocycles. The molecule has 0 spiro atoms. The first-order chi connectivity index (χ1) is 6.65. The Morgan fingerprint density at radius 1 is 1.57 bits per heavy atom. The first kappa shape index (κ1) is 10.6. The van der Waals surface area contributed by atoms with Gasteiger partial charge in [-0.3, -0.25) is 0 Å². The van der Waals surface area contributed by atoms with E-state index in [1.807, 2.05) is 0 Å². The fraction of sp³-hybridized carbons (Fsp3) is 0.300. The van der Waals surface area contributed by atoms with Gasteiger partial charge in [0.25, 0.3) is 0 Å². The van der Waals surface area contributed by atoms with Gasteiger partial charge in [-0.05, 0) is 19.1 Å². The van der Waals surface area contributed by atoms with Crippen LogP contribution in [0.5, 0.6) is 0 Å². The average Bonchev–Trinajstić information content (AvgIpc) is 2.17. The second kappa shape index (κ2) is 4.69. The van der Waals surface area contributed by atoms with Crippen molar-refractivity contribution in [1.82, 2.24) is 0 Å². The maximum atomic E-state index is 13.3. The lowest BCUT2D eigenvalue weighted by Gasteiger charge is -2.07. The molecule has 76 valence electrons. The third-order valence-electron chi connectivity index (χ3n) is 1.63. The van der Waals surface area contributed by atoms with Crippen molar-refractivity contribution in [2.45, 2.75) is 13.1 Å². The second-order valence-electron chi connectivity index (χ2n) is 2.67. The van der Waals surface area contributed by atoms with Crippen molar-refractivity contribution < 1.29 is 18.3 Å². The van der Waals surface area contributed by atoms with Crippen molar-refractivity contribution >= 4 is 5.97 Å². The van der Waals surface area contributed by atoms with Crippen LogP contribution in [0, 0.1) is 5.82 Å². The van der Waals surface area contributed by atoms with E-state index in [2.05, 4.69) is 4.74 Å². The minimum atomic E-state index is -1.91. The van der Waals surface area contributed by atoms with E-state index in [-0.39, 0.29) is 12.2 Å². The van der Waals surface area contributed by atoms with Gasteiger partial charge in [0.2, 0.25) is 6.17 Å². The molecule has 1 rings (SSSR count). The predicted octanol–water partition coefficient (Wildman–Crippen LogP) is 2.40.